The van der Waals surface area contributed by atoms with E-state index >= 15 is 0 Å². The second-order valence-electron chi connectivity index (χ2n) is 10.1. The summed E-state index contributed by atoms with van der Waals surface area (Å²) < 4.78 is 0.106. The summed E-state index contributed by atoms with van der Waals surface area (Å²) in [5, 5.41) is 30.3. The van der Waals surface area contributed by atoms with Gasteiger partial charge in [-0.25, -0.2) is 0 Å². The van der Waals surface area contributed by atoms with E-state index < -0.39 is 42.6 Å². The molecule has 39 heavy (non-hydrogen) atoms. The van der Waals surface area contributed by atoms with Crippen LogP contribution >= 0.6 is 27.5 Å². The zero-order valence-electron chi connectivity index (χ0n) is 20.2. The van der Waals surface area contributed by atoms with Gasteiger partial charge in [0, 0.05) is 33.7 Å². The molecular formula is C28H20BBrClNO7. The van der Waals surface area contributed by atoms with Crippen LogP contribution in [0, 0.1) is 17.8 Å². The number of hydrogen-bond donors (Lipinski definition) is 3. The van der Waals surface area contributed by atoms with Crippen LogP contribution in [0.4, 0.5) is 5.69 Å². The van der Waals surface area contributed by atoms with Crippen LogP contribution in [0.25, 0.3) is 0 Å². The molecule has 6 rings (SSSR count). The molecule has 4 aliphatic rings. The van der Waals surface area contributed by atoms with Gasteiger partial charge in [0.05, 0.1) is 22.0 Å². The molecule has 2 aromatic carbocycles. The van der Waals surface area contributed by atoms with Gasteiger partial charge in [0.25, 0.3) is 0 Å². The number of phenols is 1. The first kappa shape index (κ1) is 25.9. The highest BCUT2D eigenvalue weighted by atomic mass is 79.9. The normalized spacial score (nSPS) is 26.2. The molecule has 2 amide bonds. The lowest BCUT2D eigenvalue weighted by atomic mass is 9.59. The number of allylic oxidation sites excluding steroid dienone is 6. The number of amides is 2. The molecule has 4 atom stereocenters. The topological polar surface area (TPSA) is 132 Å². The predicted molar refractivity (Wildman–Crippen MR) is 146 cm³/mol. The fraction of sp³-hybridized carbons (Fsp3) is 0.214. The van der Waals surface area contributed by atoms with Crippen LogP contribution in [-0.2, 0) is 19.2 Å². The van der Waals surface area contributed by atoms with Crippen molar-refractivity contribution in [2.24, 2.45) is 17.8 Å². The maximum Gasteiger partial charge on any atom is 0.488 e. The monoisotopic (exact) mass is 607 g/mol. The van der Waals surface area contributed by atoms with Gasteiger partial charge in [0.15, 0.2) is 11.6 Å². The van der Waals surface area contributed by atoms with Gasteiger partial charge in [-0.05, 0) is 70.5 Å². The molecule has 196 valence electrons. The molecule has 0 radical (unpaired) electrons. The Morgan fingerprint density at radius 3 is 2.51 bits per heavy atom. The summed E-state index contributed by atoms with van der Waals surface area (Å²) in [5.74, 6) is -4.67. The van der Waals surface area contributed by atoms with Crippen LogP contribution in [-0.4, -0.2) is 45.7 Å². The van der Waals surface area contributed by atoms with E-state index in [1.807, 2.05) is 6.08 Å². The molecule has 0 saturated carbocycles. The van der Waals surface area contributed by atoms with E-state index in [2.05, 4.69) is 15.9 Å². The number of carbonyl (C=O) groups excluding carboxylic acids is 4. The molecule has 0 bridgehead atoms. The third-order valence-electron chi connectivity index (χ3n) is 8.06. The standard InChI is InChI=1S/C28H20BBrClNO7/c30-20-11-22(34)25-19(26(20)35)10-17-15(23(25)18-9-13(31)4-7-21(18)33)5-6-16-24(17)28(37)32(27(16)36)14-3-1-2-12(8-14)29(38)39/h1-5,7-9,11,16-17,23-24,33,38-39H,6,10H2. The number of benzene rings is 2. The molecule has 1 saturated heterocycles. The zero-order valence-corrected chi connectivity index (χ0v) is 22.5. The molecule has 3 N–H and O–H groups in total. The first-order chi connectivity index (χ1) is 18.6. The molecular weight excluding hydrogens is 588 g/mol. The van der Waals surface area contributed by atoms with Crippen molar-refractivity contribution in [3.8, 4) is 5.75 Å². The van der Waals surface area contributed by atoms with Gasteiger partial charge in [-0.3, -0.25) is 24.1 Å². The maximum absolute atomic E-state index is 13.9. The SMILES string of the molecule is O=C1C=C(Br)C(=O)C2=C1C(c1cc(Cl)ccc1O)C1=CCC3C(=O)N(c4cccc(B(O)O)c4)C(=O)C3C1C2. The Morgan fingerprint density at radius 1 is 1.00 bits per heavy atom. The summed E-state index contributed by atoms with van der Waals surface area (Å²) in [6.45, 7) is 0. The lowest BCUT2D eigenvalue weighted by Crippen LogP contribution is -2.39. The van der Waals surface area contributed by atoms with Crippen molar-refractivity contribution in [1.82, 2.24) is 0 Å². The molecule has 8 nitrogen and oxygen atoms in total. The molecule has 3 aliphatic carbocycles. The molecule has 11 heteroatoms. The molecule has 0 spiro atoms. The van der Waals surface area contributed by atoms with Crippen LogP contribution in [0.3, 0.4) is 0 Å². The summed E-state index contributed by atoms with van der Waals surface area (Å²) in [4.78, 5) is 55.1. The zero-order chi connectivity index (χ0) is 27.7. The summed E-state index contributed by atoms with van der Waals surface area (Å²) in [5.41, 5.74) is 1.86. The van der Waals surface area contributed by atoms with Crippen LogP contribution in [0.15, 0.2) is 75.8 Å². The molecule has 0 aromatic heterocycles. The van der Waals surface area contributed by atoms with Gasteiger partial charge in [0.2, 0.25) is 11.8 Å². The highest BCUT2D eigenvalue weighted by Crippen LogP contribution is 2.56. The van der Waals surface area contributed by atoms with Crippen LogP contribution < -0.4 is 10.4 Å². The molecule has 1 fully saturated rings. The van der Waals surface area contributed by atoms with Gasteiger partial charge >= 0.3 is 7.12 Å². The number of rotatable bonds is 3. The summed E-state index contributed by atoms with van der Waals surface area (Å²) in [6.07, 6.45) is 3.36. The number of hydrogen-bond acceptors (Lipinski definition) is 7. The van der Waals surface area contributed by atoms with E-state index in [-0.39, 0.29) is 56.9 Å². The van der Waals surface area contributed by atoms with Crippen molar-refractivity contribution in [2.45, 2.75) is 18.8 Å². The van der Waals surface area contributed by atoms with Crippen molar-refractivity contribution in [3.63, 3.8) is 0 Å². The molecule has 4 unspecified atom stereocenters. The quantitative estimate of drug-likeness (QED) is 0.211. The van der Waals surface area contributed by atoms with Gasteiger partial charge in [-0.2, -0.15) is 0 Å². The average molecular weight is 609 g/mol. The Bertz CT molecular complexity index is 1600. The number of nitrogens with zero attached hydrogens (tertiary/aromatic N) is 1. The summed E-state index contributed by atoms with van der Waals surface area (Å²) >= 11 is 9.45. The van der Waals surface area contributed by atoms with Gasteiger partial charge in [0.1, 0.15) is 5.75 Å². The number of imide groups is 1. The maximum atomic E-state index is 13.9. The largest absolute Gasteiger partial charge is 0.508 e. The van der Waals surface area contributed by atoms with E-state index in [4.69, 9.17) is 11.6 Å². The van der Waals surface area contributed by atoms with E-state index in [9.17, 15) is 34.3 Å². The van der Waals surface area contributed by atoms with E-state index in [1.54, 1.807) is 12.1 Å². The summed E-state index contributed by atoms with van der Waals surface area (Å²) in [6, 6.07) is 10.4. The van der Waals surface area contributed by atoms with Gasteiger partial charge < -0.3 is 15.2 Å². The highest BCUT2D eigenvalue weighted by molar-refractivity contribution is 9.12. The van der Waals surface area contributed by atoms with E-state index in [0.717, 1.165) is 4.90 Å². The number of Topliss-reactive ketones (excluding diaryl/α,β-unsaturated/α-hetero) is 1. The van der Waals surface area contributed by atoms with Crippen LogP contribution in [0.1, 0.15) is 24.3 Å². The Hall–Kier alpha value is -3.31. The first-order valence-electron chi connectivity index (χ1n) is 12.3. The number of ketones is 2. The smallest absolute Gasteiger partial charge is 0.488 e. The van der Waals surface area contributed by atoms with Crippen molar-refractivity contribution >= 4 is 69.2 Å². The highest BCUT2D eigenvalue weighted by Gasteiger charge is 2.57. The average Bonchev–Trinajstić information content (AvgIpc) is 3.17. The first-order valence-corrected chi connectivity index (χ1v) is 13.5. The minimum absolute atomic E-state index is 0.0793. The lowest BCUT2D eigenvalue weighted by molar-refractivity contribution is -0.123. The number of carbonyl (C=O) groups is 4. The van der Waals surface area contributed by atoms with E-state index in [1.165, 1.54) is 36.4 Å². The van der Waals surface area contributed by atoms with Crippen molar-refractivity contribution < 1.29 is 34.3 Å². The second kappa shape index (κ2) is 9.41. The fourth-order valence-electron chi connectivity index (χ4n) is 6.40. The van der Waals surface area contributed by atoms with Gasteiger partial charge in [-0.1, -0.05) is 35.4 Å². The van der Waals surface area contributed by atoms with E-state index in [0.29, 0.717) is 16.2 Å². The van der Waals surface area contributed by atoms with Crippen LogP contribution in [0.5, 0.6) is 5.75 Å². The molecule has 1 aliphatic heterocycles. The third kappa shape index (κ3) is 3.97. The Kier molecular flexibility index (Phi) is 6.26. The number of anilines is 1. The third-order valence-corrected chi connectivity index (χ3v) is 8.88. The molecule has 1 heterocycles. The van der Waals surface area contributed by atoms with Crippen molar-refractivity contribution in [2.75, 3.05) is 4.90 Å². The summed E-state index contributed by atoms with van der Waals surface area (Å²) in [7, 11) is -1.77. The fourth-order valence-corrected chi connectivity index (χ4v) is 7.03. The minimum Gasteiger partial charge on any atom is -0.508 e. The predicted octanol–water partition coefficient (Wildman–Crippen LogP) is 2.69. The number of fused-ring (bicyclic) bond motifs is 3. The minimum atomic E-state index is -1.77. The van der Waals surface area contributed by atoms with Gasteiger partial charge in [-0.15, -0.1) is 0 Å². The number of aromatic hydroxyl groups is 1. The number of phenolic OH excluding ortho intramolecular Hbond substituents is 1. The Balaban J connectivity index is 1.49. The number of halogens is 2. The van der Waals surface area contributed by atoms with Crippen molar-refractivity contribution in [3.05, 3.63) is 86.4 Å². The van der Waals surface area contributed by atoms with Crippen molar-refractivity contribution in [1.29, 1.82) is 0 Å². The van der Waals surface area contributed by atoms with Crippen LogP contribution in [0.2, 0.25) is 5.02 Å². The Labute approximate surface area is 236 Å². The lowest BCUT2D eigenvalue weighted by Gasteiger charge is -2.42. The Morgan fingerprint density at radius 2 is 1.77 bits per heavy atom. The molecule has 2 aromatic rings. The second-order valence-corrected chi connectivity index (χ2v) is 11.4.